The van der Waals surface area contributed by atoms with Gasteiger partial charge in [-0.05, 0) is 30.2 Å². The van der Waals surface area contributed by atoms with Crippen molar-refractivity contribution in [2.24, 2.45) is 5.92 Å². The zero-order valence-electron chi connectivity index (χ0n) is 13.1. The van der Waals surface area contributed by atoms with Crippen LogP contribution in [-0.2, 0) is 37.4 Å². The Morgan fingerprint density at radius 3 is 3.05 bits per heavy atom. The zero-order chi connectivity index (χ0) is 14.9. The second-order valence-electron chi connectivity index (χ2n) is 6.47. The van der Waals surface area contributed by atoms with E-state index in [0.717, 1.165) is 44.2 Å². The van der Waals surface area contributed by atoms with E-state index in [4.69, 9.17) is 9.84 Å². The van der Waals surface area contributed by atoms with E-state index in [2.05, 4.69) is 27.1 Å². The van der Waals surface area contributed by atoms with Crippen molar-refractivity contribution in [3.05, 3.63) is 39.3 Å². The first-order chi connectivity index (χ1) is 10.8. The summed E-state index contributed by atoms with van der Waals surface area (Å²) in [5.41, 5.74) is 4.03. The first-order valence-corrected chi connectivity index (χ1v) is 9.02. The van der Waals surface area contributed by atoms with Gasteiger partial charge in [-0.25, -0.2) is 0 Å². The van der Waals surface area contributed by atoms with Gasteiger partial charge < -0.3 is 4.74 Å². The molecule has 2 aromatic rings. The molecule has 0 unspecified atom stereocenters. The third kappa shape index (κ3) is 2.98. The number of rotatable bonds is 6. The van der Waals surface area contributed by atoms with Crippen LogP contribution in [0.15, 0.2) is 17.5 Å². The molecule has 22 heavy (non-hydrogen) atoms. The molecule has 2 aromatic heterocycles. The number of hydrogen-bond acceptors (Lipinski definition) is 4. The Kier molecular flexibility index (Phi) is 4.03. The Morgan fingerprint density at radius 1 is 1.41 bits per heavy atom. The van der Waals surface area contributed by atoms with Crippen molar-refractivity contribution in [1.29, 1.82) is 0 Å². The van der Waals surface area contributed by atoms with E-state index < -0.39 is 0 Å². The highest BCUT2D eigenvalue weighted by Crippen LogP contribution is 2.33. The standard InChI is InChI=1S/C17H23N3OS/c1-21-12-16-15-11-19(10-14-3-2-8-22-14)7-6-17(15)20(18-16)9-13-4-5-13/h2-3,8,13H,4-7,9-12H2,1H3. The summed E-state index contributed by atoms with van der Waals surface area (Å²) in [6.07, 6.45) is 3.86. The lowest BCUT2D eigenvalue weighted by Gasteiger charge is -2.27. The van der Waals surface area contributed by atoms with Gasteiger partial charge in [0, 0.05) is 55.8 Å². The number of methoxy groups -OCH3 is 1. The van der Waals surface area contributed by atoms with E-state index in [9.17, 15) is 0 Å². The lowest BCUT2D eigenvalue weighted by Crippen LogP contribution is -2.31. The highest BCUT2D eigenvalue weighted by atomic mass is 32.1. The highest BCUT2D eigenvalue weighted by molar-refractivity contribution is 7.09. The summed E-state index contributed by atoms with van der Waals surface area (Å²) in [4.78, 5) is 3.98. The molecule has 5 heteroatoms. The Labute approximate surface area is 135 Å². The van der Waals surface area contributed by atoms with Crippen LogP contribution in [-0.4, -0.2) is 28.3 Å². The van der Waals surface area contributed by atoms with Gasteiger partial charge in [0.2, 0.25) is 0 Å². The van der Waals surface area contributed by atoms with E-state index in [1.165, 1.54) is 29.0 Å². The monoisotopic (exact) mass is 317 g/mol. The van der Waals surface area contributed by atoms with Crippen molar-refractivity contribution < 1.29 is 4.74 Å². The lowest BCUT2D eigenvalue weighted by atomic mass is 10.0. The van der Waals surface area contributed by atoms with Gasteiger partial charge in [-0.15, -0.1) is 11.3 Å². The molecular weight excluding hydrogens is 294 g/mol. The fourth-order valence-electron chi connectivity index (χ4n) is 3.32. The molecule has 0 saturated heterocycles. The molecule has 0 amide bonds. The van der Waals surface area contributed by atoms with Crippen LogP contribution in [0.5, 0.6) is 0 Å². The number of fused-ring (bicyclic) bond motifs is 1. The molecule has 118 valence electrons. The number of hydrogen-bond donors (Lipinski definition) is 0. The predicted octanol–water partition coefficient (Wildman–Crippen LogP) is 3.06. The second-order valence-corrected chi connectivity index (χ2v) is 7.50. The second kappa shape index (κ2) is 6.14. The molecular formula is C17H23N3OS. The maximum atomic E-state index is 5.38. The van der Waals surface area contributed by atoms with Gasteiger partial charge in [0.25, 0.3) is 0 Å². The summed E-state index contributed by atoms with van der Waals surface area (Å²) >= 11 is 1.85. The SMILES string of the molecule is COCc1nn(CC2CC2)c2c1CN(Cc1cccs1)CC2. The quantitative estimate of drug-likeness (QED) is 0.820. The van der Waals surface area contributed by atoms with Crippen molar-refractivity contribution >= 4 is 11.3 Å². The van der Waals surface area contributed by atoms with Crippen LogP contribution in [0.4, 0.5) is 0 Å². The van der Waals surface area contributed by atoms with Crippen LogP contribution in [0.3, 0.4) is 0 Å². The molecule has 3 heterocycles. The largest absolute Gasteiger partial charge is 0.378 e. The minimum absolute atomic E-state index is 0.632. The molecule has 0 atom stereocenters. The van der Waals surface area contributed by atoms with E-state index in [0.29, 0.717) is 6.61 Å². The van der Waals surface area contributed by atoms with Crippen molar-refractivity contribution in [2.75, 3.05) is 13.7 Å². The number of ether oxygens (including phenoxy) is 1. The summed E-state index contributed by atoms with van der Waals surface area (Å²) < 4.78 is 7.66. The van der Waals surface area contributed by atoms with Crippen molar-refractivity contribution in [2.45, 2.75) is 45.5 Å². The molecule has 0 spiro atoms. The van der Waals surface area contributed by atoms with Crippen LogP contribution in [0.1, 0.15) is 34.7 Å². The van der Waals surface area contributed by atoms with E-state index >= 15 is 0 Å². The maximum absolute atomic E-state index is 5.38. The third-order valence-corrected chi connectivity index (χ3v) is 5.53. The van der Waals surface area contributed by atoms with Gasteiger partial charge in [-0.1, -0.05) is 6.07 Å². The third-order valence-electron chi connectivity index (χ3n) is 4.66. The molecule has 4 nitrogen and oxygen atoms in total. The molecule has 0 bridgehead atoms. The van der Waals surface area contributed by atoms with Gasteiger partial charge in [0.1, 0.15) is 0 Å². The van der Waals surface area contributed by atoms with Gasteiger partial charge in [-0.3, -0.25) is 9.58 Å². The molecule has 0 radical (unpaired) electrons. The van der Waals surface area contributed by atoms with Crippen LogP contribution < -0.4 is 0 Å². The summed E-state index contributed by atoms with van der Waals surface area (Å²) in [5.74, 6) is 0.864. The van der Waals surface area contributed by atoms with E-state index in [-0.39, 0.29) is 0 Å². The summed E-state index contributed by atoms with van der Waals surface area (Å²) in [5, 5.41) is 7.02. The average molecular weight is 317 g/mol. The van der Waals surface area contributed by atoms with Crippen LogP contribution in [0, 0.1) is 5.92 Å². The Balaban J connectivity index is 1.54. The zero-order valence-corrected chi connectivity index (χ0v) is 13.9. The summed E-state index contributed by atoms with van der Waals surface area (Å²) in [7, 11) is 1.76. The molecule has 1 aliphatic carbocycles. The number of thiophene rings is 1. The smallest absolute Gasteiger partial charge is 0.0929 e. The fourth-order valence-corrected chi connectivity index (χ4v) is 4.07. The van der Waals surface area contributed by atoms with Gasteiger partial charge >= 0.3 is 0 Å². The van der Waals surface area contributed by atoms with Crippen LogP contribution in [0.2, 0.25) is 0 Å². The fraction of sp³-hybridized carbons (Fsp3) is 0.588. The van der Waals surface area contributed by atoms with Crippen LogP contribution in [0.25, 0.3) is 0 Å². The molecule has 4 rings (SSSR count). The topological polar surface area (TPSA) is 30.3 Å². The molecule has 2 aliphatic rings. The molecule has 1 saturated carbocycles. The average Bonchev–Trinajstić information content (AvgIpc) is 3.07. The predicted molar refractivity (Wildman–Crippen MR) is 87.8 cm³/mol. The first kappa shape index (κ1) is 14.4. The minimum atomic E-state index is 0.632. The normalized spacial score (nSPS) is 18.6. The van der Waals surface area contributed by atoms with Crippen molar-refractivity contribution in [3.63, 3.8) is 0 Å². The van der Waals surface area contributed by atoms with Crippen LogP contribution >= 0.6 is 11.3 Å². The lowest BCUT2D eigenvalue weighted by molar-refractivity contribution is 0.177. The molecule has 0 aromatic carbocycles. The Hall–Kier alpha value is -1.17. The van der Waals surface area contributed by atoms with Crippen molar-refractivity contribution in [3.8, 4) is 0 Å². The Morgan fingerprint density at radius 2 is 2.32 bits per heavy atom. The first-order valence-electron chi connectivity index (χ1n) is 8.14. The van der Waals surface area contributed by atoms with Gasteiger partial charge in [0.15, 0.2) is 0 Å². The van der Waals surface area contributed by atoms with Crippen molar-refractivity contribution in [1.82, 2.24) is 14.7 Å². The Bertz CT molecular complexity index is 631. The molecule has 1 aliphatic heterocycles. The maximum Gasteiger partial charge on any atom is 0.0929 e. The molecule has 0 N–H and O–H groups in total. The highest BCUT2D eigenvalue weighted by Gasteiger charge is 2.28. The molecule has 1 fully saturated rings. The minimum Gasteiger partial charge on any atom is -0.378 e. The number of aromatic nitrogens is 2. The van der Waals surface area contributed by atoms with E-state index in [1.807, 2.05) is 11.3 Å². The van der Waals surface area contributed by atoms with E-state index in [1.54, 1.807) is 7.11 Å². The summed E-state index contributed by atoms with van der Waals surface area (Å²) in [6, 6.07) is 4.37. The van der Waals surface area contributed by atoms with Gasteiger partial charge in [-0.2, -0.15) is 5.10 Å². The number of nitrogens with zero attached hydrogens (tertiary/aromatic N) is 3. The summed E-state index contributed by atoms with van der Waals surface area (Å²) in [6.45, 7) is 4.94. The van der Waals surface area contributed by atoms with Gasteiger partial charge in [0.05, 0.1) is 12.3 Å².